The third-order valence-corrected chi connectivity index (χ3v) is 3.85. The summed E-state index contributed by atoms with van der Waals surface area (Å²) in [4.78, 5) is 14.9. The van der Waals surface area contributed by atoms with Gasteiger partial charge in [-0.1, -0.05) is 24.3 Å². The summed E-state index contributed by atoms with van der Waals surface area (Å²) in [5, 5.41) is 9.49. The number of carbonyl (C=O) groups excluding carboxylic acids is 1. The lowest BCUT2D eigenvalue weighted by molar-refractivity contribution is 0.111. The number of aldehydes is 1. The Kier molecular flexibility index (Phi) is 4.53. The molecule has 0 aliphatic carbocycles. The van der Waals surface area contributed by atoms with Crippen molar-refractivity contribution in [3.63, 3.8) is 0 Å². The van der Waals surface area contributed by atoms with Crippen LogP contribution in [-0.2, 0) is 0 Å². The molecule has 0 fully saturated rings. The van der Waals surface area contributed by atoms with Crippen LogP contribution in [0, 0.1) is 17.1 Å². The molecular formula is C20H13FN2O2. The summed E-state index contributed by atoms with van der Waals surface area (Å²) < 4.78 is 18.6. The van der Waals surface area contributed by atoms with Crippen molar-refractivity contribution >= 4 is 6.29 Å². The minimum Gasteiger partial charge on any atom is -0.497 e. The maximum atomic E-state index is 13.4. The van der Waals surface area contributed by atoms with Crippen LogP contribution in [0.1, 0.15) is 15.9 Å². The van der Waals surface area contributed by atoms with Gasteiger partial charge in [-0.3, -0.25) is 9.78 Å². The van der Waals surface area contributed by atoms with Crippen LogP contribution in [0.4, 0.5) is 4.39 Å². The van der Waals surface area contributed by atoms with Crippen molar-refractivity contribution in [2.24, 2.45) is 0 Å². The van der Waals surface area contributed by atoms with E-state index in [0.29, 0.717) is 23.1 Å². The maximum absolute atomic E-state index is 13.4. The first-order valence-corrected chi connectivity index (χ1v) is 7.46. The standard InChI is InChI=1S/C20H13FN2O2/c1-25-17-5-2-13(3-6-17)18-7-4-14(8-15(18)10-22)20-9-16(12-24)19(21)11-23-20/h2-9,11-12H,1H3. The first kappa shape index (κ1) is 16.3. The Hall–Kier alpha value is -3.52. The molecule has 0 aliphatic rings. The molecule has 2 aromatic carbocycles. The molecule has 0 saturated heterocycles. The Morgan fingerprint density at radius 3 is 2.48 bits per heavy atom. The van der Waals surface area contributed by atoms with Crippen LogP contribution < -0.4 is 4.74 Å². The Balaban J connectivity index is 2.05. The molecule has 0 radical (unpaired) electrons. The van der Waals surface area contributed by atoms with Crippen molar-refractivity contribution in [3.8, 4) is 34.2 Å². The lowest BCUT2D eigenvalue weighted by Crippen LogP contribution is -1.93. The zero-order chi connectivity index (χ0) is 17.8. The minimum atomic E-state index is -0.672. The summed E-state index contributed by atoms with van der Waals surface area (Å²) in [5.74, 6) is 0.0601. The Labute approximate surface area is 144 Å². The summed E-state index contributed by atoms with van der Waals surface area (Å²) in [6, 6.07) is 16.2. The van der Waals surface area contributed by atoms with Gasteiger partial charge in [-0.2, -0.15) is 5.26 Å². The second-order valence-corrected chi connectivity index (χ2v) is 5.31. The molecule has 1 aromatic heterocycles. The zero-order valence-electron chi connectivity index (χ0n) is 13.4. The number of aromatic nitrogens is 1. The van der Waals surface area contributed by atoms with Gasteiger partial charge in [0, 0.05) is 5.56 Å². The lowest BCUT2D eigenvalue weighted by atomic mass is 9.96. The number of nitrogens with zero attached hydrogens (tertiary/aromatic N) is 2. The van der Waals surface area contributed by atoms with Gasteiger partial charge in [-0.15, -0.1) is 0 Å². The lowest BCUT2D eigenvalue weighted by Gasteiger charge is -2.09. The van der Waals surface area contributed by atoms with Gasteiger partial charge in [0.1, 0.15) is 5.75 Å². The van der Waals surface area contributed by atoms with E-state index in [0.717, 1.165) is 23.1 Å². The van der Waals surface area contributed by atoms with Gasteiger partial charge >= 0.3 is 0 Å². The number of carbonyl (C=O) groups is 1. The van der Waals surface area contributed by atoms with E-state index in [9.17, 15) is 14.4 Å². The van der Waals surface area contributed by atoms with Gasteiger partial charge in [-0.25, -0.2) is 4.39 Å². The van der Waals surface area contributed by atoms with Crippen molar-refractivity contribution in [3.05, 3.63) is 71.7 Å². The third-order valence-electron chi connectivity index (χ3n) is 3.85. The summed E-state index contributed by atoms with van der Waals surface area (Å²) in [5.41, 5.74) is 3.11. The minimum absolute atomic E-state index is 0.0669. The topological polar surface area (TPSA) is 63.0 Å². The van der Waals surface area contributed by atoms with E-state index in [1.54, 1.807) is 25.3 Å². The number of rotatable bonds is 4. The van der Waals surface area contributed by atoms with Gasteiger partial charge in [0.2, 0.25) is 0 Å². The largest absolute Gasteiger partial charge is 0.497 e. The van der Waals surface area contributed by atoms with E-state index in [1.807, 2.05) is 24.3 Å². The molecule has 25 heavy (non-hydrogen) atoms. The molecule has 0 bridgehead atoms. The summed E-state index contributed by atoms with van der Waals surface area (Å²) in [6.07, 6.45) is 1.44. The predicted octanol–water partition coefficient (Wildman–Crippen LogP) is 4.25. The van der Waals surface area contributed by atoms with Crippen molar-refractivity contribution in [1.29, 1.82) is 5.26 Å². The van der Waals surface area contributed by atoms with Crippen molar-refractivity contribution in [2.45, 2.75) is 0 Å². The quantitative estimate of drug-likeness (QED) is 0.670. The van der Waals surface area contributed by atoms with E-state index in [-0.39, 0.29) is 5.56 Å². The molecule has 0 atom stereocenters. The molecule has 0 amide bonds. The maximum Gasteiger partial charge on any atom is 0.153 e. The molecule has 122 valence electrons. The van der Waals surface area contributed by atoms with Crippen LogP contribution in [-0.4, -0.2) is 18.4 Å². The first-order valence-electron chi connectivity index (χ1n) is 7.46. The van der Waals surface area contributed by atoms with Crippen molar-refractivity contribution < 1.29 is 13.9 Å². The molecule has 3 aromatic rings. The molecule has 5 heteroatoms. The predicted molar refractivity (Wildman–Crippen MR) is 91.7 cm³/mol. The number of hydrogen-bond donors (Lipinski definition) is 0. The molecule has 4 nitrogen and oxygen atoms in total. The fraction of sp³-hybridized carbons (Fsp3) is 0.0500. The monoisotopic (exact) mass is 332 g/mol. The van der Waals surface area contributed by atoms with Crippen LogP contribution >= 0.6 is 0 Å². The SMILES string of the molecule is COc1ccc(-c2ccc(-c3cc(C=O)c(F)cn3)cc2C#N)cc1. The molecular weight excluding hydrogens is 319 g/mol. The smallest absolute Gasteiger partial charge is 0.153 e. The zero-order valence-corrected chi connectivity index (χ0v) is 13.4. The van der Waals surface area contributed by atoms with E-state index < -0.39 is 5.82 Å². The van der Waals surface area contributed by atoms with E-state index in [2.05, 4.69) is 11.1 Å². The van der Waals surface area contributed by atoms with Gasteiger partial charge in [0.25, 0.3) is 0 Å². The third kappa shape index (κ3) is 3.24. The fourth-order valence-electron chi connectivity index (χ4n) is 2.52. The van der Waals surface area contributed by atoms with Crippen LogP contribution in [0.3, 0.4) is 0 Å². The summed E-state index contributed by atoms with van der Waals surface area (Å²) in [7, 11) is 1.59. The highest BCUT2D eigenvalue weighted by Gasteiger charge is 2.10. The highest BCUT2D eigenvalue weighted by atomic mass is 19.1. The van der Waals surface area contributed by atoms with E-state index >= 15 is 0 Å². The molecule has 0 N–H and O–H groups in total. The molecule has 0 aliphatic heterocycles. The number of nitriles is 1. The number of methoxy groups -OCH3 is 1. The fourth-order valence-corrected chi connectivity index (χ4v) is 2.52. The molecule has 3 rings (SSSR count). The number of benzene rings is 2. The number of hydrogen-bond acceptors (Lipinski definition) is 4. The van der Waals surface area contributed by atoms with Crippen LogP contribution in [0.25, 0.3) is 22.4 Å². The number of ether oxygens (including phenoxy) is 1. The number of pyridine rings is 1. The second kappa shape index (κ2) is 6.93. The molecule has 0 unspecified atom stereocenters. The Morgan fingerprint density at radius 2 is 1.84 bits per heavy atom. The van der Waals surface area contributed by atoms with Crippen LogP contribution in [0.2, 0.25) is 0 Å². The Morgan fingerprint density at radius 1 is 1.12 bits per heavy atom. The molecule has 1 heterocycles. The highest BCUT2D eigenvalue weighted by Crippen LogP contribution is 2.29. The van der Waals surface area contributed by atoms with Crippen LogP contribution in [0.15, 0.2) is 54.7 Å². The normalized spacial score (nSPS) is 10.1. The average Bonchev–Trinajstić information content (AvgIpc) is 2.68. The van der Waals surface area contributed by atoms with Gasteiger partial charge in [-0.05, 0) is 35.4 Å². The van der Waals surface area contributed by atoms with Crippen molar-refractivity contribution in [1.82, 2.24) is 4.98 Å². The number of halogens is 1. The van der Waals surface area contributed by atoms with E-state index in [1.165, 1.54) is 6.07 Å². The summed E-state index contributed by atoms with van der Waals surface area (Å²) >= 11 is 0. The van der Waals surface area contributed by atoms with Gasteiger partial charge in [0.15, 0.2) is 12.1 Å². The van der Waals surface area contributed by atoms with Gasteiger partial charge in [0.05, 0.1) is 36.2 Å². The highest BCUT2D eigenvalue weighted by molar-refractivity contribution is 5.80. The molecule has 0 spiro atoms. The molecule has 0 saturated carbocycles. The summed E-state index contributed by atoms with van der Waals surface area (Å²) in [6.45, 7) is 0. The van der Waals surface area contributed by atoms with Crippen molar-refractivity contribution in [2.75, 3.05) is 7.11 Å². The Bertz CT molecular complexity index is 976. The van der Waals surface area contributed by atoms with E-state index in [4.69, 9.17) is 4.74 Å². The van der Waals surface area contributed by atoms with Gasteiger partial charge < -0.3 is 4.74 Å². The van der Waals surface area contributed by atoms with Crippen LogP contribution in [0.5, 0.6) is 5.75 Å². The first-order chi connectivity index (χ1) is 12.2. The average molecular weight is 332 g/mol. The second-order valence-electron chi connectivity index (χ2n) is 5.31.